The molecule has 0 aliphatic carbocycles. The topological polar surface area (TPSA) is 121 Å². The van der Waals surface area contributed by atoms with Gasteiger partial charge in [0.25, 0.3) is 5.91 Å². The van der Waals surface area contributed by atoms with E-state index in [-0.39, 0.29) is 5.91 Å². The van der Waals surface area contributed by atoms with E-state index in [0.717, 1.165) is 0 Å². The van der Waals surface area contributed by atoms with E-state index in [9.17, 15) is 9.59 Å². The summed E-state index contributed by atoms with van der Waals surface area (Å²) >= 11 is 0. The van der Waals surface area contributed by atoms with Crippen molar-refractivity contribution in [1.29, 1.82) is 0 Å². The molecule has 0 fully saturated rings. The Morgan fingerprint density at radius 1 is 0.917 bits per heavy atom. The summed E-state index contributed by atoms with van der Waals surface area (Å²) in [5.41, 5.74) is 6.03. The maximum Gasteiger partial charge on any atom is 0.254 e. The van der Waals surface area contributed by atoms with Crippen molar-refractivity contribution in [1.82, 2.24) is 24.8 Å². The molecule has 0 bridgehead atoms. The maximum atomic E-state index is 12.8. The van der Waals surface area contributed by atoms with Crippen molar-refractivity contribution in [3.05, 3.63) is 71.8 Å². The molecule has 8 nitrogen and oxygen atoms in total. The molecule has 0 aliphatic rings. The Balaban J connectivity index is 1.82. The lowest BCUT2D eigenvalue weighted by Gasteiger charge is -2.21. The molecule has 24 heavy (non-hydrogen) atoms. The zero-order chi connectivity index (χ0) is 16.9. The van der Waals surface area contributed by atoms with Crippen molar-refractivity contribution in [2.45, 2.75) is 13.1 Å². The summed E-state index contributed by atoms with van der Waals surface area (Å²) in [5, 5.41) is 0. The highest BCUT2D eigenvalue weighted by Gasteiger charge is 2.19. The van der Waals surface area contributed by atoms with Crippen molar-refractivity contribution in [2.24, 2.45) is 5.73 Å². The smallest absolute Gasteiger partial charge is 0.254 e. The molecule has 2 amide bonds. The van der Waals surface area contributed by atoms with E-state index in [4.69, 9.17) is 5.73 Å². The molecule has 0 saturated heterocycles. The van der Waals surface area contributed by atoms with Gasteiger partial charge in [0.1, 0.15) is 11.6 Å². The normalized spacial score (nSPS) is 10.5. The molecular formula is C16H16N6O2. The van der Waals surface area contributed by atoms with E-state index in [1.807, 2.05) is 0 Å². The van der Waals surface area contributed by atoms with Gasteiger partial charge in [0.2, 0.25) is 5.91 Å². The summed E-state index contributed by atoms with van der Waals surface area (Å²) in [6.07, 6.45) is 6.66. The third-order valence-electron chi connectivity index (χ3n) is 3.49. The average Bonchev–Trinajstić information content (AvgIpc) is 3.27. The van der Waals surface area contributed by atoms with Crippen LogP contribution in [0.1, 0.15) is 32.4 Å². The van der Waals surface area contributed by atoms with Crippen LogP contribution in [0.3, 0.4) is 0 Å². The van der Waals surface area contributed by atoms with Gasteiger partial charge in [0, 0.05) is 35.9 Å². The van der Waals surface area contributed by atoms with Gasteiger partial charge in [-0.15, -0.1) is 0 Å². The average molecular weight is 324 g/mol. The molecule has 0 aliphatic heterocycles. The number of rotatable bonds is 6. The van der Waals surface area contributed by atoms with Gasteiger partial charge in [-0.3, -0.25) is 9.59 Å². The fourth-order valence-corrected chi connectivity index (χ4v) is 2.29. The van der Waals surface area contributed by atoms with E-state index in [1.54, 1.807) is 41.8 Å². The van der Waals surface area contributed by atoms with Crippen molar-refractivity contribution >= 4 is 11.8 Å². The van der Waals surface area contributed by atoms with Crippen LogP contribution in [-0.4, -0.2) is 36.7 Å². The third-order valence-corrected chi connectivity index (χ3v) is 3.49. The Kier molecular flexibility index (Phi) is 4.37. The van der Waals surface area contributed by atoms with Crippen LogP contribution in [0.15, 0.2) is 49.1 Å². The number of hydrogen-bond donors (Lipinski definition) is 3. The Morgan fingerprint density at radius 2 is 1.42 bits per heavy atom. The van der Waals surface area contributed by atoms with Gasteiger partial charge in [-0.1, -0.05) is 0 Å². The quantitative estimate of drug-likeness (QED) is 0.628. The summed E-state index contributed by atoms with van der Waals surface area (Å²) in [6.45, 7) is 0.619. The molecule has 0 saturated carbocycles. The first-order valence-electron chi connectivity index (χ1n) is 7.29. The molecule has 4 N–H and O–H groups in total. The molecule has 0 unspecified atom stereocenters. The highest BCUT2D eigenvalue weighted by molar-refractivity contribution is 5.97. The molecule has 2 heterocycles. The van der Waals surface area contributed by atoms with Gasteiger partial charge >= 0.3 is 0 Å². The molecule has 2 aromatic heterocycles. The molecule has 0 atom stereocenters. The van der Waals surface area contributed by atoms with E-state index in [0.29, 0.717) is 35.9 Å². The van der Waals surface area contributed by atoms with Gasteiger partial charge in [-0.05, 0) is 24.3 Å². The van der Waals surface area contributed by atoms with Crippen molar-refractivity contribution in [3.63, 3.8) is 0 Å². The van der Waals surface area contributed by atoms with Crippen LogP contribution in [0, 0.1) is 0 Å². The summed E-state index contributed by atoms with van der Waals surface area (Å²) in [6, 6.07) is 6.24. The molecule has 0 spiro atoms. The van der Waals surface area contributed by atoms with Gasteiger partial charge in [-0.2, -0.15) is 0 Å². The minimum absolute atomic E-state index is 0.196. The second-order valence-electron chi connectivity index (χ2n) is 5.17. The number of aromatic amines is 2. The molecule has 3 aromatic rings. The minimum atomic E-state index is -0.531. The first kappa shape index (κ1) is 15.5. The van der Waals surface area contributed by atoms with Gasteiger partial charge < -0.3 is 20.6 Å². The van der Waals surface area contributed by atoms with Crippen LogP contribution in [0.5, 0.6) is 0 Å². The minimum Gasteiger partial charge on any atom is -0.366 e. The van der Waals surface area contributed by atoms with E-state index in [2.05, 4.69) is 19.9 Å². The number of primary amides is 1. The first-order chi connectivity index (χ1) is 11.6. The van der Waals surface area contributed by atoms with Crippen molar-refractivity contribution in [2.75, 3.05) is 0 Å². The van der Waals surface area contributed by atoms with Crippen LogP contribution in [0.25, 0.3) is 0 Å². The monoisotopic (exact) mass is 324 g/mol. The lowest BCUT2D eigenvalue weighted by molar-refractivity contribution is 0.0721. The number of nitrogens with one attached hydrogen (secondary N) is 2. The number of imidazole rings is 2. The van der Waals surface area contributed by atoms with Crippen LogP contribution in [0.4, 0.5) is 0 Å². The number of carbonyl (C=O) groups excluding carboxylic acids is 2. The Labute approximate surface area is 137 Å². The van der Waals surface area contributed by atoms with Gasteiger partial charge in [0.05, 0.1) is 13.1 Å². The Bertz CT molecular complexity index is 773. The fraction of sp³-hybridized carbons (Fsp3) is 0.125. The number of hydrogen-bond acceptors (Lipinski definition) is 4. The van der Waals surface area contributed by atoms with Gasteiger partial charge in [-0.25, -0.2) is 9.97 Å². The van der Waals surface area contributed by atoms with Crippen molar-refractivity contribution < 1.29 is 9.59 Å². The molecule has 3 rings (SSSR count). The number of carbonyl (C=O) groups is 2. The summed E-state index contributed by atoms with van der Waals surface area (Å²) in [5.74, 6) is 0.614. The number of benzene rings is 1. The van der Waals surface area contributed by atoms with E-state index < -0.39 is 5.91 Å². The SMILES string of the molecule is NC(=O)c1ccc(C(=O)N(Cc2ncc[nH]2)Cc2ncc[nH]2)cc1. The third kappa shape index (κ3) is 3.49. The molecule has 1 aromatic carbocycles. The predicted molar refractivity (Wildman–Crippen MR) is 85.7 cm³/mol. The predicted octanol–water partition coefficient (Wildman–Crippen LogP) is 1.07. The van der Waals surface area contributed by atoms with Gasteiger partial charge in [0.15, 0.2) is 0 Å². The lowest BCUT2D eigenvalue weighted by Crippen LogP contribution is -2.31. The first-order valence-corrected chi connectivity index (χ1v) is 7.29. The molecular weight excluding hydrogens is 308 g/mol. The van der Waals surface area contributed by atoms with Crippen LogP contribution < -0.4 is 5.73 Å². The highest BCUT2D eigenvalue weighted by Crippen LogP contribution is 2.12. The lowest BCUT2D eigenvalue weighted by atomic mass is 10.1. The largest absolute Gasteiger partial charge is 0.366 e. The van der Waals surface area contributed by atoms with Crippen molar-refractivity contribution in [3.8, 4) is 0 Å². The number of H-pyrrole nitrogens is 2. The molecule has 122 valence electrons. The number of aromatic nitrogens is 4. The Morgan fingerprint density at radius 3 is 1.83 bits per heavy atom. The zero-order valence-electron chi connectivity index (χ0n) is 12.8. The van der Waals surface area contributed by atoms with E-state index in [1.165, 1.54) is 12.1 Å². The fourth-order valence-electron chi connectivity index (χ4n) is 2.29. The standard InChI is InChI=1S/C16H16N6O2/c17-15(23)11-1-3-12(4-2-11)16(24)22(9-13-18-5-6-19-13)10-14-20-7-8-21-14/h1-8H,9-10H2,(H2,17,23)(H,18,19)(H,20,21). The van der Waals surface area contributed by atoms with Crippen LogP contribution >= 0.6 is 0 Å². The zero-order valence-corrected chi connectivity index (χ0v) is 12.8. The summed E-state index contributed by atoms with van der Waals surface area (Å²) < 4.78 is 0. The molecule has 0 radical (unpaired) electrons. The van der Waals surface area contributed by atoms with Crippen LogP contribution in [-0.2, 0) is 13.1 Å². The maximum absolute atomic E-state index is 12.8. The second-order valence-corrected chi connectivity index (χ2v) is 5.17. The van der Waals surface area contributed by atoms with E-state index >= 15 is 0 Å². The summed E-state index contributed by atoms with van der Waals surface area (Å²) in [7, 11) is 0. The van der Waals surface area contributed by atoms with Crippen LogP contribution in [0.2, 0.25) is 0 Å². The Hall–Kier alpha value is -3.42. The highest BCUT2D eigenvalue weighted by atomic mass is 16.2. The second kappa shape index (κ2) is 6.78. The molecule has 8 heteroatoms. The number of nitrogens with two attached hydrogens (primary N) is 1. The number of nitrogens with zero attached hydrogens (tertiary/aromatic N) is 3. The number of amides is 2. The summed E-state index contributed by atoms with van der Waals surface area (Å²) in [4.78, 5) is 39.8.